The molecule has 2 heterocycles. The van der Waals surface area contributed by atoms with Crippen molar-refractivity contribution in [3.8, 4) is 11.4 Å². The predicted octanol–water partition coefficient (Wildman–Crippen LogP) is 4.19. The Kier molecular flexibility index (Phi) is 4.81. The average Bonchev–Trinajstić information content (AvgIpc) is 3.33. The van der Waals surface area contributed by atoms with Crippen molar-refractivity contribution >= 4 is 10.0 Å². The van der Waals surface area contributed by atoms with Crippen LogP contribution in [0, 0.1) is 20.8 Å². The lowest BCUT2D eigenvalue weighted by atomic mass is 10.1. The molecule has 1 aromatic heterocycles. The maximum Gasteiger partial charge on any atom is 0.245 e. The standard InChI is InChI=1S/C21H23N3O3S/c1-14-6-4-7-17(12-14)20-22-21(27-23-20)18-8-5-11-24(18)28(25,26)19-13-15(2)9-10-16(19)3/h4,6-7,9-10,12-13,18H,5,8,11H2,1-3H3. The van der Waals surface area contributed by atoms with E-state index >= 15 is 0 Å². The minimum atomic E-state index is -3.65. The fourth-order valence-electron chi connectivity index (χ4n) is 3.66. The summed E-state index contributed by atoms with van der Waals surface area (Å²) in [6.07, 6.45) is 1.43. The molecule has 4 rings (SSSR count). The minimum absolute atomic E-state index is 0.345. The molecule has 1 unspecified atom stereocenters. The van der Waals surface area contributed by atoms with Gasteiger partial charge in [-0.1, -0.05) is 41.1 Å². The van der Waals surface area contributed by atoms with Gasteiger partial charge in [-0.2, -0.15) is 9.29 Å². The summed E-state index contributed by atoms with van der Waals surface area (Å²) in [5, 5.41) is 4.09. The molecule has 0 amide bonds. The molecule has 7 heteroatoms. The molecule has 2 aromatic carbocycles. The summed E-state index contributed by atoms with van der Waals surface area (Å²) < 4.78 is 33.7. The molecule has 0 spiro atoms. The molecule has 3 aromatic rings. The molecule has 1 atom stereocenters. The van der Waals surface area contributed by atoms with Crippen LogP contribution in [0.1, 0.15) is 41.5 Å². The summed E-state index contributed by atoms with van der Waals surface area (Å²) in [6, 6.07) is 12.9. The third-order valence-corrected chi connectivity index (χ3v) is 7.19. The zero-order chi connectivity index (χ0) is 19.9. The summed E-state index contributed by atoms with van der Waals surface area (Å²) in [5.74, 6) is 0.831. The topological polar surface area (TPSA) is 76.3 Å². The van der Waals surface area contributed by atoms with Gasteiger partial charge in [-0.05, 0) is 56.9 Å². The fraction of sp³-hybridized carbons (Fsp3) is 0.333. The van der Waals surface area contributed by atoms with Crippen molar-refractivity contribution in [3.05, 3.63) is 65.0 Å². The molecular weight excluding hydrogens is 374 g/mol. The van der Waals surface area contributed by atoms with Crippen LogP contribution in [0.5, 0.6) is 0 Å². The first kappa shape index (κ1) is 18.8. The van der Waals surface area contributed by atoms with Crippen LogP contribution in [0.3, 0.4) is 0 Å². The SMILES string of the molecule is Cc1cccc(-c2noc(C3CCCN3S(=O)(=O)c3cc(C)ccc3C)n2)c1. The Balaban J connectivity index is 1.68. The average molecular weight is 398 g/mol. The van der Waals surface area contributed by atoms with Crippen molar-refractivity contribution in [2.45, 2.75) is 44.6 Å². The van der Waals surface area contributed by atoms with E-state index in [0.717, 1.165) is 28.7 Å². The number of rotatable bonds is 4. The maximum absolute atomic E-state index is 13.3. The van der Waals surface area contributed by atoms with Crippen LogP contribution in [0.15, 0.2) is 51.9 Å². The third kappa shape index (κ3) is 3.36. The highest BCUT2D eigenvalue weighted by Gasteiger charge is 2.40. The van der Waals surface area contributed by atoms with E-state index in [1.54, 1.807) is 6.07 Å². The van der Waals surface area contributed by atoms with Gasteiger partial charge in [0.1, 0.15) is 6.04 Å². The van der Waals surface area contributed by atoms with Crippen LogP contribution in [0.4, 0.5) is 0 Å². The summed E-state index contributed by atoms with van der Waals surface area (Å²) >= 11 is 0. The number of benzene rings is 2. The first-order chi connectivity index (χ1) is 13.4. The Hall–Kier alpha value is -2.51. The van der Waals surface area contributed by atoms with E-state index in [4.69, 9.17) is 4.52 Å². The van der Waals surface area contributed by atoms with Crippen LogP contribution < -0.4 is 0 Å². The number of aryl methyl sites for hydroxylation is 3. The highest BCUT2D eigenvalue weighted by molar-refractivity contribution is 7.89. The molecule has 0 bridgehead atoms. The van der Waals surface area contributed by atoms with Crippen molar-refractivity contribution in [2.75, 3.05) is 6.54 Å². The largest absolute Gasteiger partial charge is 0.337 e. The molecular formula is C21H23N3O3S. The summed E-state index contributed by atoms with van der Waals surface area (Å²) in [6.45, 7) is 6.16. The lowest BCUT2D eigenvalue weighted by Gasteiger charge is -2.22. The van der Waals surface area contributed by atoms with Crippen molar-refractivity contribution in [3.63, 3.8) is 0 Å². The second-order valence-electron chi connectivity index (χ2n) is 7.37. The fourth-order valence-corrected chi connectivity index (χ4v) is 5.62. The van der Waals surface area contributed by atoms with E-state index in [1.807, 2.05) is 57.2 Å². The number of sulfonamides is 1. The molecule has 6 nitrogen and oxygen atoms in total. The first-order valence-corrected chi connectivity index (χ1v) is 10.8. The zero-order valence-corrected chi connectivity index (χ0v) is 17.0. The lowest BCUT2D eigenvalue weighted by Crippen LogP contribution is -2.31. The van der Waals surface area contributed by atoms with Gasteiger partial charge in [0.15, 0.2) is 0 Å². The molecule has 28 heavy (non-hydrogen) atoms. The van der Waals surface area contributed by atoms with Gasteiger partial charge in [-0.25, -0.2) is 8.42 Å². The van der Waals surface area contributed by atoms with Gasteiger partial charge in [-0.15, -0.1) is 0 Å². The number of aromatic nitrogens is 2. The molecule has 0 radical (unpaired) electrons. The van der Waals surface area contributed by atoms with E-state index in [1.165, 1.54) is 4.31 Å². The second kappa shape index (κ2) is 7.14. The van der Waals surface area contributed by atoms with E-state index in [2.05, 4.69) is 10.1 Å². The van der Waals surface area contributed by atoms with Gasteiger partial charge < -0.3 is 4.52 Å². The third-order valence-electron chi connectivity index (χ3n) is 5.14. The number of nitrogens with zero attached hydrogens (tertiary/aromatic N) is 3. The molecule has 0 N–H and O–H groups in total. The Morgan fingerprint density at radius 3 is 2.64 bits per heavy atom. The Morgan fingerprint density at radius 1 is 1.07 bits per heavy atom. The molecule has 0 aliphatic carbocycles. The lowest BCUT2D eigenvalue weighted by molar-refractivity contribution is 0.290. The van der Waals surface area contributed by atoms with Crippen molar-refractivity contribution < 1.29 is 12.9 Å². The quantitative estimate of drug-likeness (QED) is 0.660. The van der Waals surface area contributed by atoms with Crippen LogP contribution in [0.25, 0.3) is 11.4 Å². The van der Waals surface area contributed by atoms with E-state index in [9.17, 15) is 8.42 Å². The van der Waals surface area contributed by atoms with Crippen LogP contribution >= 0.6 is 0 Å². The molecule has 146 valence electrons. The van der Waals surface area contributed by atoms with Gasteiger partial charge >= 0.3 is 0 Å². The Bertz CT molecular complexity index is 1120. The van der Waals surface area contributed by atoms with Gasteiger partial charge in [0.25, 0.3) is 0 Å². The molecule has 1 saturated heterocycles. The highest BCUT2D eigenvalue weighted by Crippen LogP contribution is 2.37. The zero-order valence-electron chi connectivity index (χ0n) is 16.2. The second-order valence-corrected chi connectivity index (χ2v) is 9.23. The van der Waals surface area contributed by atoms with Gasteiger partial charge in [0, 0.05) is 12.1 Å². The van der Waals surface area contributed by atoms with Crippen LogP contribution in [0.2, 0.25) is 0 Å². The van der Waals surface area contributed by atoms with E-state index in [0.29, 0.717) is 29.6 Å². The Morgan fingerprint density at radius 2 is 1.86 bits per heavy atom. The highest BCUT2D eigenvalue weighted by atomic mass is 32.2. The van der Waals surface area contributed by atoms with Gasteiger partial charge in [-0.3, -0.25) is 0 Å². The van der Waals surface area contributed by atoms with Crippen molar-refractivity contribution in [1.29, 1.82) is 0 Å². The monoisotopic (exact) mass is 397 g/mol. The molecule has 1 fully saturated rings. The minimum Gasteiger partial charge on any atom is -0.337 e. The molecule has 0 saturated carbocycles. The maximum atomic E-state index is 13.3. The van der Waals surface area contributed by atoms with Crippen LogP contribution in [-0.4, -0.2) is 29.4 Å². The normalized spacial score (nSPS) is 17.9. The summed E-state index contributed by atoms with van der Waals surface area (Å²) in [7, 11) is -3.65. The smallest absolute Gasteiger partial charge is 0.245 e. The van der Waals surface area contributed by atoms with E-state index in [-0.39, 0.29) is 0 Å². The van der Waals surface area contributed by atoms with Gasteiger partial charge in [0.05, 0.1) is 4.90 Å². The molecule has 1 aliphatic rings. The van der Waals surface area contributed by atoms with Crippen LogP contribution in [-0.2, 0) is 10.0 Å². The first-order valence-electron chi connectivity index (χ1n) is 9.36. The number of hydrogen-bond acceptors (Lipinski definition) is 5. The molecule has 1 aliphatic heterocycles. The number of hydrogen-bond donors (Lipinski definition) is 0. The van der Waals surface area contributed by atoms with E-state index < -0.39 is 16.1 Å². The summed E-state index contributed by atoms with van der Waals surface area (Å²) in [5.41, 5.74) is 3.61. The predicted molar refractivity (Wildman–Crippen MR) is 106 cm³/mol. The Labute approximate surface area is 165 Å². The summed E-state index contributed by atoms with van der Waals surface area (Å²) in [4.78, 5) is 4.86. The van der Waals surface area contributed by atoms with Crippen molar-refractivity contribution in [2.24, 2.45) is 0 Å². The van der Waals surface area contributed by atoms with Gasteiger partial charge in [0.2, 0.25) is 21.7 Å². The van der Waals surface area contributed by atoms with Crippen molar-refractivity contribution in [1.82, 2.24) is 14.4 Å².